The molecular formula is C18H35NO3S. The van der Waals surface area contributed by atoms with Gasteiger partial charge in [-0.25, -0.2) is 0 Å². The zero-order chi connectivity index (χ0) is 17.3. The van der Waals surface area contributed by atoms with Gasteiger partial charge in [0, 0.05) is 18.2 Å². The van der Waals surface area contributed by atoms with Crippen LogP contribution >= 0.6 is 12.6 Å². The fourth-order valence-electron chi connectivity index (χ4n) is 2.74. The molecule has 0 fully saturated rings. The second-order valence-corrected chi connectivity index (χ2v) is 6.73. The molecule has 0 aliphatic carbocycles. The van der Waals surface area contributed by atoms with Gasteiger partial charge in [0.05, 0.1) is 6.42 Å². The van der Waals surface area contributed by atoms with E-state index in [9.17, 15) is 9.59 Å². The number of aliphatic carboxylic acids is 1. The number of carboxylic acid groups (broad SMARTS) is 1. The highest BCUT2D eigenvalue weighted by atomic mass is 32.1. The van der Waals surface area contributed by atoms with Crippen LogP contribution < -0.4 is 5.32 Å². The first-order valence-electron chi connectivity index (χ1n) is 9.22. The summed E-state index contributed by atoms with van der Waals surface area (Å²) in [6.45, 7) is 2.73. The third kappa shape index (κ3) is 14.6. The summed E-state index contributed by atoms with van der Waals surface area (Å²) < 4.78 is 0. The van der Waals surface area contributed by atoms with Crippen molar-refractivity contribution < 1.29 is 14.7 Å². The number of thiol groups is 1. The number of carbonyl (C=O) groups is 2. The van der Waals surface area contributed by atoms with E-state index in [0.717, 1.165) is 12.8 Å². The molecule has 0 heterocycles. The Morgan fingerprint density at radius 2 is 1.48 bits per heavy atom. The number of rotatable bonds is 16. The molecule has 1 atom stereocenters. The number of carbonyl (C=O) groups excluding carboxylic acids is 1. The highest BCUT2D eigenvalue weighted by molar-refractivity contribution is 7.80. The Morgan fingerprint density at radius 3 is 1.96 bits per heavy atom. The van der Waals surface area contributed by atoms with Crippen LogP contribution in [0.15, 0.2) is 0 Å². The monoisotopic (exact) mass is 345 g/mol. The van der Waals surface area contributed by atoms with Gasteiger partial charge in [-0.15, -0.1) is 0 Å². The van der Waals surface area contributed by atoms with Gasteiger partial charge in [-0.3, -0.25) is 9.59 Å². The lowest BCUT2D eigenvalue weighted by atomic mass is 9.96. The van der Waals surface area contributed by atoms with Crippen molar-refractivity contribution in [3.8, 4) is 0 Å². The molecule has 2 N–H and O–H groups in total. The molecule has 0 aliphatic heterocycles. The lowest BCUT2D eigenvalue weighted by molar-refractivity contribution is -0.141. The number of hydrogen-bond donors (Lipinski definition) is 3. The summed E-state index contributed by atoms with van der Waals surface area (Å²) in [7, 11) is 0. The van der Waals surface area contributed by atoms with Crippen LogP contribution in [0, 0.1) is 5.92 Å². The van der Waals surface area contributed by atoms with Gasteiger partial charge in [-0.05, 0) is 6.42 Å². The van der Waals surface area contributed by atoms with E-state index in [4.69, 9.17) is 5.11 Å². The van der Waals surface area contributed by atoms with Crippen molar-refractivity contribution in [2.45, 2.75) is 84.0 Å². The number of amides is 1. The van der Waals surface area contributed by atoms with E-state index in [0.29, 0.717) is 18.7 Å². The molecule has 0 aliphatic rings. The third-order valence-electron chi connectivity index (χ3n) is 4.11. The summed E-state index contributed by atoms with van der Waals surface area (Å²) >= 11 is 4.05. The first kappa shape index (κ1) is 22.3. The molecule has 136 valence electrons. The molecule has 1 amide bonds. The molecule has 4 nitrogen and oxygen atoms in total. The van der Waals surface area contributed by atoms with Crippen molar-refractivity contribution in [2.75, 3.05) is 12.3 Å². The van der Waals surface area contributed by atoms with E-state index in [1.807, 2.05) is 0 Å². The Morgan fingerprint density at radius 1 is 0.957 bits per heavy atom. The first-order valence-corrected chi connectivity index (χ1v) is 9.85. The lowest BCUT2D eigenvalue weighted by Crippen LogP contribution is -2.33. The summed E-state index contributed by atoms with van der Waals surface area (Å²) in [5, 5.41) is 11.7. The maximum absolute atomic E-state index is 11.9. The zero-order valence-electron chi connectivity index (χ0n) is 14.7. The number of carboxylic acids is 1. The Balaban J connectivity index is 3.70. The van der Waals surface area contributed by atoms with Crippen LogP contribution in [0.3, 0.4) is 0 Å². The van der Waals surface area contributed by atoms with Gasteiger partial charge in [-0.2, -0.15) is 12.6 Å². The SMILES string of the molecule is CCCCCCCCCCCCC(CC(=O)O)C(=O)NCCS. The minimum atomic E-state index is -0.900. The average molecular weight is 346 g/mol. The first-order chi connectivity index (χ1) is 11.1. The van der Waals surface area contributed by atoms with Crippen LogP contribution in [-0.2, 0) is 9.59 Å². The summed E-state index contributed by atoms with van der Waals surface area (Å²) in [6, 6.07) is 0. The summed E-state index contributed by atoms with van der Waals surface area (Å²) in [5.74, 6) is -0.869. The number of nitrogens with one attached hydrogen (secondary N) is 1. The van der Waals surface area contributed by atoms with Crippen molar-refractivity contribution in [1.82, 2.24) is 5.32 Å². The average Bonchev–Trinajstić information content (AvgIpc) is 2.52. The van der Waals surface area contributed by atoms with E-state index in [2.05, 4.69) is 24.9 Å². The lowest BCUT2D eigenvalue weighted by Gasteiger charge is -2.14. The Labute approximate surface area is 147 Å². The van der Waals surface area contributed by atoms with Crippen molar-refractivity contribution in [3.05, 3.63) is 0 Å². The molecule has 0 aromatic heterocycles. The summed E-state index contributed by atoms with van der Waals surface area (Å²) in [4.78, 5) is 22.8. The molecular weight excluding hydrogens is 310 g/mol. The molecule has 1 unspecified atom stereocenters. The minimum absolute atomic E-state index is 0.0736. The van der Waals surface area contributed by atoms with Gasteiger partial charge in [0.25, 0.3) is 0 Å². The van der Waals surface area contributed by atoms with Crippen molar-refractivity contribution >= 4 is 24.5 Å². The molecule has 0 saturated carbocycles. The quantitative estimate of drug-likeness (QED) is 0.286. The maximum Gasteiger partial charge on any atom is 0.304 e. The summed E-state index contributed by atoms with van der Waals surface area (Å²) in [6.07, 6.45) is 13.0. The second kappa shape index (κ2) is 16.2. The van der Waals surface area contributed by atoms with Crippen molar-refractivity contribution in [3.63, 3.8) is 0 Å². The molecule has 0 spiro atoms. The highest BCUT2D eigenvalue weighted by Crippen LogP contribution is 2.16. The molecule has 0 rings (SSSR count). The topological polar surface area (TPSA) is 66.4 Å². The Kier molecular flexibility index (Phi) is 15.7. The molecule has 23 heavy (non-hydrogen) atoms. The number of hydrogen-bond acceptors (Lipinski definition) is 3. The normalized spacial score (nSPS) is 12.1. The fraction of sp³-hybridized carbons (Fsp3) is 0.889. The zero-order valence-corrected chi connectivity index (χ0v) is 15.6. The van der Waals surface area contributed by atoms with E-state index < -0.39 is 11.9 Å². The van der Waals surface area contributed by atoms with Gasteiger partial charge in [-0.1, -0.05) is 71.1 Å². The number of unbranched alkanes of at least 4 members (excludes halogenated alkanes) is 9. The van der Waals surface area contributed by atoms with E-state index in [-0.39, 0.29) is 12.3 Å². The van der Waals surface area contributed by atoms with Crippen LogP contribution in [0.25, 0.3) is 0 Å². The van der Waals surface area contributed by atoms with E-state index >= 15 is 0 Å². The van der Waals surface area contributed by atoms with Crippen LogP contribution in [0.4, 0.5) is 0 Å². The standard InChI is InChI=1S/C18H35NO3S/c1-2-3-4-5-6-7-8-9-10-11-12-16(15-17(20)21)18(22)19-13-14-23/h16,23H,2-15H2,1H3,(H,19,22)(H,20,21). The van der Waals surface area contributed by atoms with Crippen molar-refractivity contribution in [2.24, 2.45) is 5.92 Å². The molecule has 0 saturated heterocycles. The van der Waals surface area contributed by atoms with E-state index in [1.54, 1.807) is 0 Å². The molecule has 0 bridgehead atoms. The third-order valence-corrected chi connectivity index (χ3v) is 4.33. The van der Waals surface area contributed by atoms with Gasteiger partial charge < -0.3 is 10.4 Å². The minimum Gasteiger partial charge on any atom is -0.481 e. The molecule has 0 aromatic rings. The largest absolute Gasteiger partial charge is 0.481 e. The summed E-state index contributed by atoms with van der Waals surface area (Å²) in [5.41, 5.74) is 0. The van der Waals surface area contributed by atoms with Crippen LogP contribution in [-0.4, -0.2) is 29.3 Å². The van der Waals surface area contributed by atoms with Crippen LogP contribution in [0.5, 0.6) is 0 Å². The Hall–Kier alpha value is -0.710. The predicted octanol–water partition coefficient (Wildman–Crippen LogP) is 4.43. The molecule has 0 aromatic carbocycles. The van der Waals surface area contributed by atoms with Crippen LogP contribution in [0.1, 0.15) is 84.0 Å². The van der Waals surface area contributed by atoms with Gasteiger partial charge in [0.1, 0.15) is 0 Å². The second-order valence-electron chi connectivity index (χ2n) is 6.28. The molecule has 5 heteroatoms. The van der Waals surface area contributed by atoms with Crippen molar-refractivity contribution in [1.29, 1.82) is 0 Å². The smallest absolute Gasteiger partial charge is 0.304 e. The Bertz CT molecular complexity index is 311. The van der Waals surface area contributed by atoms with Gasteiger partial charge in [0.15, 0.2) is 0 Å². The van der Waals surface area contributed by atoms with Gasteiger partial charge in [0.2, 0.25) is 5.91 Å². The van der Waals surface area contributed by atoms with Crippen LogP contribution in [0.2, 0.25) is 0 Å². The maximum atomic E-state index is 11.9. The van der Waals surface area contributed by atoms with Gasteiger partial charge >= 0.3 is 5.97 Å². The van der Waals surface area contributed by atoms with E-state index in [1.165, 1.54) is 51.4 Å². The predicted molar refractivity (Wildman–Crippen MR) is 99.1 cm³/mol. The highest BCUT2D eigenvalue weighted by Gasteiger charge is 2.20. The molecule has 0 radical (unpaired) electrons. The fourth-order valence-corrected chi connectivity index (χ4v) is 2.85.